The maximum atomic E-state index is 10.4. The predicted molar refractivity (Wildman–Crippen MR) is 52.7 cm³/mol. The smallest absolute Gasteiger partial charge is 0.0812 e. The van der Waals surface area contributed by atoms with Gasteiger partial charge in [-0.05, 0) is 51.7 Å². The van der Waals surface area contributed by atoms with Crippen molar-refractivity contribution in [3.05, 3.63) is 0 Å². The van der Waals surface area contributed by atoms with Crippen LogP contribution in [-0.4, -0.2) is 36.4 Å². The molecule has 0 bridgehead atoms. The zero-order valence-electron chi connectivity index (χ0n) is 8.18. The topological polar surface area (TPSA) is 44.3 Å². The average Bonchev–Trinajstić information content (AvgIpc) is 2.57. The van der Waals surface area contributed by atoms with E-state index in [1.54, 1.807) is 0 Å². The zero-order valence-corrected chi connectivity index (χ0v) is 8.18. The van der Waals surface area contributed by atoms with Crippen molar-refractivity contribution in [2.45, 2.75) is 43.7 Å². The van der Waals surface area contributed by atoms with Gasteiger partial charge in [-0.15, -0.1) is 0 Å². The Kier molecular flexibility index (Phi) is 2.86. The van der Waals surface area contributed by atoms with E-state index < -0.39 is 5.60 Å². The first-order valence-corrected chi connectivity index (χ1v) is 5.48. The summed E-state index contributed by atoms with van der Waals surface area (Å²) >= 11 is 0. The average molecular weight is 184 g/mol. The summed E-state index contributed by atoms with van der Waals surface area (Å²) < 4.78 is 0. The Morgan fingerprint density at radius 1 is 1.08 bits per heavy atom. The predicted octanol–water partition coefficient (Wildman–Crippen LogP) is 0.243. The number of aliphatic hydroxyl groups is 1. The molecule has 2 fully saturated rings. The van der Waals surface area contributed by atoms with Crippen LogP contribution in [0.1, 0.15) is 32.1 Å². The molecule has 2 atom stereocenters. The third kappa shape index (κ3) is 2.03. The second-order valence-electron chi connectivity index (χ2n) is 4.36. The summed E-state index contributed by atoms with van der Waals surface area (Å²) in [6, 6.07) is 0.354. The van der Waals surface area contributed by atoms with E-state index in [2.05, 4.69) is 10.6 Å². The number of rotatable bonds is 1. The van der Waals surface area contributed by atoms with Crippen LogP contribution in [0, 0.1) is 0 Å². The third-order valence-electron chi connectivity index (χ3n) is 3.41. The molecule has 0 spiro atoms. The summed E-state index contributed by atoms with van der Waals surface area (Å²) in [5.74, 6) is 0. The molecule has 2 heterocycles. The van der Waals surface area contributed by atoms with E-state index in [0.717, 1.165) is 45.3 Å². The van der Waals surface area contributed by atoms with Crippen molar-refractivity contribution in [2.75, 3.05) is 19.6 Å². The third-order valence-corrected chi connectivity index (χ3v) is 3.41. The second kappa shape index (κ2) is 3.95. The molecule has 3 nitrogen and oxygen atoms in total. The SMILES string of the molecule is OC1(C2CCCN2)CCCNCC1. The molecule has 0 aromatic carbocycles. The summed E-state index contributed by atoms with van der Waals surface area (Å²) in [7, 11) is 0. The fourth-order valence-electron chi connectivity index (χ4n) is 2.57. The molecule has 0 aromatic rings. The second-order valence-corrected chi connectivity index (χ2v) is 4.36. The van der Waals surface area contributed by atoms with Crippen molar-refractivity contribution in [1.29, 1.82) is 0 Å². The van der Waals surface area contributed by atoms with Gasteiger partial charge < -0.3 is 15.7 Å². The first-order chi connectivity index (χ1) is 6.31. The summed E-state index contributed by atoms with van der Waals surface area (Å²) in [5.41, 5.74) is -0.431. The zero-order chi connectivity index (χ0) is 9.15. The van der Waals surface area contributed by atoms with Crippen molar-refractivity contribution >= 4 is 0 Å². The Morgan fingerprint density at radius 3 is 2.77 bits per heavy atom. The summed E-state index contributed by atoms with van der Waals surface area (Å²) in [4.78, 5) is 0. The van der Waals surface area contributed by atoms with Crippen molar-refractivity contribution in [2.24, 2.45) is 0 Å². The van der Waals surface area contributed by atoms with Crippen LogP contribution in [0.2, 0.25) is 0 Å². The monoisotopic (exact) mass is 184 g/mol. The van der Waals surface area contributed by atoms with E-state index in [4.69, 9.17) is 0 Å². The van der Waals surface area contributed by atoms with Crippen molar-refractivity contribution in [3.63, 3.8) is 0 Å². The molecule has 2 saturated heterocycles. The van der Waals surface area contributed by atoms with Gasteiger partial charge in [0.15, 0.2) is 0 Å². The maximum absolute atomic E-state index is 10.4. The minimum atomic E-state index is -0.431. The van der Waals surface area contributed by atoms with Crippen LogP contribution in [0.25, 0.3) is 0 Å². The van der Waals surface area contributed by atoms with Gasteiger partial charge in [0.05, 0.1) is 5.60 Å². The van der Waals surface area contributed by atoms with E-state index >= 15 is 0 Å². The van der Waals surface area contributed by atoms with Gasteiger partial charge in [-0.3, -0.25) is 0 Å². The van der Waals surface area contributed by atoms with Gasteiger partial charge in [-0.25, -0.2) is 0 Å². The molecule has 0 amide bonds. The lowest BCUT2D eigenvalue weighted by Crippen LogP contribution is -2.48. The van der Waals surface area contributed by atoms with E-state index in [0.29, 0.717) is 6.04 Å². The van der Waals surface area contributed by atoms with E-state index in [1.165, 1.54) is 6.42 Å². The Labute approximate surface area is 79.9 Å². The highest BCUT2D eigenvalue weighted by molar-refractivity contribution is 4.96. The van der Waals surface area contributed by atoms with Gasteiger partial charge in [0.2, 0.25) is 0 Å². The molecular weight excluding hydrogens is 164 g/mol. The minimum absolute atomic E-state index is 0.354. The van der Waals surface area contributed by atoms with Gasteiger partial charge in [0.1, 0.15) is 0 Å². The Hall–Kier alpha value is -0.120. The lowest BCUT2D eigenvalue weighted by Gasteiger charge is -2.32. The van der Waals surface area contributed by atoms with Gasteiger partial charge >= 0.3 is 0 Å². The lowest BCUT2D eigenvalue weighted by atomic mass is 9.86. The molecule has 0 saturated carbocycles. The molecule has 3 N–H and O–H groups in total. The molecule has 2 aliphatic rings. The van der Waals surface area contributed by atoms with Crippen LogP contribution in [0.5, 0.6) is 0 Å². The van der Waals surface area contributed by atoms with Gasteiger partial charge in [0.25, 0.3) is 0 Å². The van der Waals surface area contributed by atoms with Crippen molar-refractivity contribution in [3.8, 4) is 0 Å². The molecule has 0 aliphatic carbocycles. The lowest BCUT2D eigenvalue weighted by molar-refractivity contribution is -0.00361. The van der Waals surface area contributed by atoms with Crippen LogP contribution in [0.15, 0.2) is 0 Å². The van der Waals surface area contributed by atoms with Crippen LogP contribution >= 0.6 is 0 Å². The normalized spacial score (nSPS) is 41.8. The van der Waals surface area contributed by atoms with E-state index in [1.807, 2.05) is 0 Å². The molecular formula is C10H20N2O. The quantitative estimate of drug-likeness (QED) is 0.547. The highest BCUT2D eigenvalue weighted by Crippen LogP contribution is 2.28. The molecule has 13 heavy (non-hydrogen) atoms. The summed E-state index contributed by atoms with van der Waals surface area (Å²) in [6.45, 7) is 3.12. The Bertz CT molecular complexity index is 158. The Morgan fingerprint density at radius 2 is 2.00 bits per heavy atom. The number of nitrogens with one attached hydrogen (secondary N) is 2. The molecule has 2 unspecified atom stereocenters. The first kappa shape index (κ1) is 9.44. The Balaban J connectivity index is 1.98. The maximum Gasteiger partial charge on any atom is 0.0812 e. The van der Waals surface area contributed by atoms with Crippen LogP contribution in [-0.2, 0) is 0 Å². The highest BCUT2D eigenvalue weighted by atomic mass is 16.3. The van der Waals surface area contributed by atoms with Crippen molar-refractivity contribution in [1.82, 2.24) is 10.6 Å². The molecule has 2 rings (SSSR count). The largest absolute Gasteiger partial charge is 0.388 e. The standard InChI is InChI=1S/C10H20N2O/c13-10(9-3-1-7-12-9)4-2-6-11-8-5-10/h9,11-13H,1-8H2. The van der Waals surface area contributed by atoms with E-state index in [9.17, 15) is 5.11 Å². The highest BCUT2D eigenvalue weighted by Gasteiger charge is 2.37. The van der Waals surface area contributed by atoms with E-state index in [-0.39, 0.29) is 0 Å². The molecule has 3 heteroatoms. The van der Waals surface area contributed by atoms with Gasteiger partial charge in [0, 0.05) is 6.04 Å². The first-order valence-electron chi connectivity index (χ1n) is 5.48. The molecule has 0 aromatic heterocycles. The molecule has 76 valence electrons. The summed E-state index contributed by atoms with van der Waals surface area (Å²) in [5, 5.41) is 17.2. The minimum Gasteiger partial charge on any atom is -0.388 e. The fraction of sp³-hybridized carbons (Fsp3) is 1.00. The molecule has 0 radical (unpaired) electrons. The summed E-state index contributed by atoms with van der Waals surface area (Å²) in [6.07, 6.45) is 5.34. The number of hydrogen-bond acceptors (Lipinski definition) is 3. The van der Waals surface area contributed by atoms with Gasteiger partial charge in [-0.1, -0.05) is 0 Å². The fourth-order valence-corrected chi connectivity index (χ4v) is 2.57. The van der Waals surface area contributed by atoms with Crippen LogP contribution in [0.3, 0.4) is 0 Å². The van der Waals surface area contributed by atoms with Crippen molar-refractivity contribution < 1.29 is 5.11 Å². The van der Waals surface area contributed by atoms with Gasteiger partial charge in [-0.2, -0.15) is 0 Å². The van der Waals surface area contributed by atoms with Crippen LogP contribution in [0.4, 0.5) is 0 Å². The van der Waals surface area contributed by atoms with Crippen LogP contribution < -0.4 is 10.6 Å². The number of hydrogen-bond donors (Lipinski definition) is 3. The molecule has 2 aliphatic heterocycles.